The molecule has 6 rings (SSSR count). The number of nitrogens with zero attached hydrogens (tertiary/aromatic N) is 4. The first-order valence-corrected chi connectivity index (χ1v) is 15.3. The summed E-state index contributed by atoms with van der Waals surface area (Å²) in [5.41, 5.74) is 4.36. The van der Waals surface area contributed by atoms with Crippen LogP contribution in [0.2, 0.25) is 0 Å². The first-order valence-electron chi connectivity index (χ1n) is 15.3. The van der Waals surface area contributed by atoms with Crippen LogP contribution in [0.4, 0.5) is 22.0 Å². The molecule has 0 spiro atoms. The van der Waals surface area contributed by atoms with Gasteiger partial charge < -0.3 is 35.1 Å². The second kappa shape index (κ2) is 14.7. The average molecular weight is 608 g/mol. The number of aliphatic hydroxyl groups excluding tert-OH is 1. The van der Waals surface area contributed by atoms with Crippen molar-refractivity contribution in [2.75, 3.05) is 48.7 Å². The van der Waals surface area contributed by atoms with Crippen LogP contribution in [0.1, 0.15) is 24.8 Å². The molecule has 0 radical (unpaired) electrons. The maximum absolute atomic E-state index is 12.2. The fourth-order valence-corrected chi connectivity index (χ4v) is 5.22. The van der Waals surface area contributed by atoms with Gasteiger partial charge in [0.2, 0.25) is 5.89 Å². The van der Waals surface area contributed by atoms with Crippen LogP contribution >= 0.6 is 0 Å². The van der Waals surface area contributed by atoms with Crippen molar-refractivity contribution >= 4 is 34.5 Å². The molecular weight excluding hydrogens is 570 g/mol. The molecule has 3 heterocycles. The highest BCUT2D eigenvalue weighted by molar-refractivity contribution is 5.99. The molecule has 0 atom stereocenters. The zero-order chi connectivity index (χ0) is 30.8. The van der Waals surface area contributed by atoms with Crippen molar-refractivity contribution in [1.29, 1.82) is 0 Å². The van der Waals surface area contributed by atoms with Gasteiger partial charge in [0.25, 0.3) is 5.71 Å². The molecule has 0 saturated carbocycles. The van der Waals surface area contributed by atoms with Crippen LogP contribution in [-0.4, -0.2) is 69.9 Å². The molecule has 11 nitrogen and oxygen atoms in total. The number of aromatic nitrogens is 3. The summed E-state index contributed by atoms with van der Waals surface area (Å²) in [5.74, 6) is 1.87. The monoisotopic (exact) mass is 607 g/mol. The number of ether oxygens (including phenoxy) is 1. The van der Waals surface area contributed by atoms with Crippen molar-refractivity contribution in [3.8, 4) is 17.2 Å². The fourth-order valence-electron chi connectivity index (χ4n) is 5.22. The Kier molecular flexibility index (Phi) is 9.78. The number of likely N-dealkylation sites (tertiary alicyclic amines) is 1. The number of piperidine rings is 1. The van der Waals surface area contributed by atoms with Gasteiger partial charge in [-0.05, 0) is 79.8 Å². The molecule has 0 bridgehead atoms. The molecule has 5 aromatic rings. The Bertz CT molecular complexity index is 1670. The number of urea groups is 1. The summed E-state index contributed by atoms with van der Waals surface area (Å²) in [6.45, 7) is 4.14. The molecule has 2 amide bonds. The summed E-state index contributed by atoms with van der Waals surface area (Å²) in [6.07, 6.45) is 4.71. The Morgan fingerprint density at radius 1 is 0.933 bits per heavy atom. The van der Waals surface area contributed by atoms with Gasteiger partial charge in [0.15, 0.2) is 11.3 Å². The molecule has 45 heavy (non-hydrogen) atoms. The highest BCUT2D eigenvalue weighted by Crippen LogP contribution is 2.27. The van der Waals surface area contributed by atoms with Crippen molar-refractivity contribution in [3.05, 3.63) is 90.8 Å². The summed E-state index contributed by atoms with van der Waals surface area (Å²) in [7, 11) is 0. The quantitative estimate of drug-likeness (QED) is 0.130. The van der Waals surface area contributed by atoms with Gasteiger partial charge in [-0.25, -0.2) is 14.8 Å². The van der Waals surface area contributed by atoms with Gasteiger partial charge in [-0.15, -0.1) is 0 Å². The highest BCUT2D eigenvalue weighted by Gasteiger charge is 2.17. The van der Waals surface area contributed by atoms with Crippen LogP contribution in [0.25, 0.3) is 22.7 Å². The van der Waals surface area contributed by atoms with E-state index in [9.17, 15) is 9.90 Å². The molecule has 1 aliphatic heterocycles. The summed E-state index contributed by atoms with van der Waals surface area (Å²) >= 11 is 0. The molecule has 1 aliphatic rings. The van der Waals surface area contributed by atoms with E-state index in [1.807, 2.05) is 78.9 Å². The van der Waals surface area contributed by atoms with Crippen LogP contribution < -0.4 is 20.7 Å². The van der Waals surface area contributed by atoms with Crippen LogP contribution in [0.5, 0.6) is 5.75 Å². The van der Waals surface area contributed by atoms with Crippen molar-refractivity contribution in [2.24, 2.45) is 0 Å². The molecule has 0 unspecified atom stereocenters. The summed E-state index contributed by atoms with van der Waals surface area (Å²) in [4.78, 5) is 27.9. The molecule has 1 fully saturated rings. The topological polar surface area (TPSA) is 138 Å². The van der Waals surface area contributed by atoms with E-state index < -0.39 is 0 Å². The number of rotatable bonds is 12. The predicted octanol–water partition coefficient (Wildman–Crippen LogP) is 5.81. The zero-order valence-corrected chi connectivity index (χ0v) is 25.0. The Hall–Kier alpha value is -5.00. The lowest BCUT2D eigenvalue weighted by Gasteiger charge is -2.29. The first kappa shape index (κ1) is 30.0. The average Bonchev–Trinajstić information content (AvgIpc) is 3.51. The largest absolute Gasteiger partial charge is 0.494 e. The number of oxazole rings is 1. The van der Waals surface area contributed by atoms with Crippen molar-refractivity contribution in [2.45, 2.75) is 31.8 Å². The predicted molar refractivity (Wildman–Crippen MR) is 175 cm³/mol. The SMILES string of the molecule is O=C(Nc1ccccc1)Nc1ccc(CCNc2ncnc3oc(-c4ccc(OCCCN5CCC(O)CC5)cc4)nc23)cc1. The number of aliphatic hydroxyl groups is 1. The Labute approximate surface area is 261 Å². The molecular formula is C34H37N7O4. The number of para-hydroxylation sites is 1. The van der Waals surface area contributed by atoms with Crippen LogP contribution in [-0.2, 0) is 6.42 Å². The van der Waals surface area contributed by atoms with Crippen molar-refractivity contribution < 1.29 is 19.1 Å². The molecule has 4 N–H and O–H groups in total. The van der Waals surface area contributed by atoms with Gasteiger partial charge in [-0.3, -0.25) is 0 Å². The molecule has 11 heteroatoms. The van der Waals surface area contributed by atoms with Crippen LogP contribution in [0.15, 0.2) is 89.6 Å². The van der Waals surface area contributed by atoms with Gasteiger partial charge in [0.1, 0.15) is 12.1 Å². The van der Waals surface area contributed by atoms with Gasteiger partial charge >= 0.3 is 6.03 Å². The minimum atomic E-state index is -0.290. The number of nitrogens with one attached hydrogen (secondary N) is 3. The standard InChI is InChI=1S/C34H37N7O4/c42-28-16-20-41(21-17-28)19-4-22-44-29-13-9-25(10-14-29)32-40-30-31(36-23-37-33(30)45-32)35-18-15-24-7-11-27(12-8-24)39-34(43)38-26-5-2-1-3-6-26/h1-3,5-14,23,28,42H,4,15-22H2,(H,35,36,37)(H2,38,39,43). The van der Waals surface area contributed by atoms with E-state index in [1.165, 1.54) is 6.33 Å². The first-order chi connectivity index (χ1) is 22.1. The number of hydrogen-bond donors (Lipinski definition) is 4. The Balaban J connectivity index is 0.975. The molecule has 3 aromatic carbocycles. The zero-order valence-electron chi connectivity index (χ0n) is 25.0. The third kappa shape index (κ3) is 8.34. The van der Waals surface area contributed by atoms with Crippen molar-refractivity contribution in [3.63, 3.8) is 0 Å². The number of hydrogen-bond acceptors (Lipinski definition) is 9. The van der Waals surface area contributed by atoms with Crippen LogP contribution in [0.3, 0.4) is 0 Å². The molecule has 1 saturated heterocycles. The van der Waals surface area contributed by atoms with Gasteiger partial charge in [0.05, 0.1) is 12.7 Å². The second-order valence-electron chi connectivity index (χ2n) is 11.0. The van der Waals surface area contributed by atoms with Gasteiger partial charge in [-0.2, -0.15) is 4.98 Å². The Morgan fingerprint density at radius 3 is 2.42 bits per heavy atom. The maximum Gasteiger partial charge on any atom is 0.323 e. The van der Waals surface area contributed by atoms with E-state index in [0.717, 1.165) is 67.9 Å². The normalized spacial score (nSPS) is 13.9. The number of anilines is 3. The lowest BCUT2D eigenvalue weighted by atomic mass is 10.1. The smallest absolute Gasteiger partial charge is 0.323 e. The second-order valence-corrected chi connectivity index (χ2v) is 11.0. The van der Waals surface area contributed by atoms with E-state index in [2.05, 4.69) is 35.8 Å². The van der Waals surface area contributed by atoms with E-state index in [0.29, 0.717) is 41.8 Å². The number of amides is 2. The molecule has 232 valence electrons. The van der Waals surface area contributed by atoms with Gasteiger partial charge in [0, 0.05) is 43.1 Å². The Morgan fingerprint density at radius 2 is 1.67 bits per heavy atom. The van der Waals surface area contributed by atoms with E-state index in [4.69, 9.17) is 9.15 Å². The number of fused-ring (bicyclic) bond motifs is 1. The highest BCUT2D eigenvalue weighted by atomic mass is 16.5. The van der Waals surface area contributed by atoms with Gasteiger partial charge in [-0.1, -0.05) is 30.3 Å². The third-order valence-corrected chi connectivity index (χ3v) is 7.69. The number of carbonyl (C=O) groups excluding carboxylic acids is 1. The molecule has 0 aliphatic carbocycles. The lowest BCUT2D eigenvalue weighted by Crippen LogP contribution is -2.36. The number of benzene rings is 3. The number of carbonyl (C=O) groups is 1. The summed E-state index contributed by atoms with van der Waals surface area (Å²) in [5, 5.41) is 18.7. The van der Waals surface area contributed by atoms with E-state index in [-0.39, 0.29) is 12.1 Å². The van der Waals surface area contributed by atoms with E-state index >= 15 is 0 Å². The minimum Gasteiger partial charge on any atom is -0.494 e. The summed E-state index contributed by atoms with van der Waals surface area (Å²) < 4.78 is 11.9. The van der Waals surface area contributed by atoms with E-state index in [1.54, 1.807) is 0 Å². The van der Waals surface area contributed by atoms with Crippen LogP contribution in [0, 0.1) is 0 Å². The fraction of sp³-hybridized carbons (Fsp3) is 0.294. The summed E-state index contributed by atoms with van der Waals surface area (Å²) in [6, 6.07) is 24.4. The molecule has 2 aromatic heterocycles. The maximum atomic E-state index is 12.2. The lowest BCUT2D eigenvalue weighted by molar-refractivity contribution is 0.0800. The van der Waals surface area contributed by atoms with Crippen molar-refractivity contribution in [1.82, 2.24) is 19.9 Å². The minimum absolute atomic E-state index is 0.144. The third-order valence-electron chi connectivity index (χ3n) is 7.69.